The molecule has 0 amide bonds. The van der Waals surface area contributed by atoms with Crippen LogP contribution < -0.4 is 0 Å². The van der Waals surface area contributed by atoms with Gasteiger partial charge in [-0.2, -0.15) is 0 Å². The number of hydrogen-bond donors (Lipinski definition) is 0. The van der Waals surface area contributed by atoms with Crippen molar-refractivity contribution in [2.75, 3.05) is 0 Å². The zero-order valence-corrected chi connectivity index (χ0v) is 12.2. The minimum Gasteiger partial charge on any atom is -0.127 e. The van der Waals surface area contributed by atoms with Crippen molar-refractivity contribution in [2.45, 2.75) is 30.6 Å². The molecule has 0 N–H and O–H groups in total. The summed E-state index contributed by atoms with van der Waals surface area (Å²) in [6.07, 6.45) is 3.58. The average Bonchev–Trinajstić information content (AvgIpc) is 2.84. The van der Waals surface area contributed by atoms with Gasteiger partial charge in [-0.15, -0.1) is 22.9 Å². The predicted molar refractivity (Wildman–Crippen MR) is 80.0 cm³/mol. The topological polar surface area (TPSA) is 0 Å². The highest BCUT2D eigenvalue weighted by molar-refractivity contribution is 7.16. The quantitative estimate of drug-likeness (QED) is 0.614. The van der Waals surface area contributed by atoms with E-state index in [-0.39, 0.29) is 5.38 Å². The molecule has 1 heterocycles. The van der Waals surface area contributed by atoms with E-state index in [1.54, 1.807) is 11.3 Å². The Balaban J connectivity index is 1.94. The fourth-order valence-electron chi connectivity index (χ4n) is 2.77. The van der Waals surface area contributed by atoms with Crippen LogP contribution in [0.25, 0.3) is 0 Å². The summed E-state index contributed by atoms with van der Waals surface area (Å²) < 4.78 is 0.819. The Morgan fingerprint density at radius 3 is 2.78 bits per heavy atom. The third kappa shape index (κ3) is 2.32. The van der Waals surface area contributed by atoms with Crippen LogP contribution in [0.3, 0.4) is 0 Å². The zero-order chi connectivity index (χ0) is 12.5. The van der Waals surface area contributed by atoms with E-state index in [9.17, 15) is 0 Å². The van der Waals surface area contributed by atoms with E-state index in [2.05, 4.69) is 30.3 Å². The number of alkyl halides is 1. The lowest BCUT2D eigenvalue weighted by atomic mass is 9.80. The van der Waals surface area contributed by atoms with E-state index in [0.717, 1.165) is 4.34 Å². The van der Waals surface area contributed by atoms with Crippen molar-refractivity contribution >= 4 is 34.5 Å². The second-order valence-corrected chi connectivity index (χ2v) is 6.96. The minimum atomic E-state index is 0.0453. The van der Waals surface area contributed by atoms with E-state index in [1.807, 2.05) is 6.07 Å². The molecule has 3 heteroatoms. The first-order chi connectivity index (χ1) is 8.75. The first kappa shape index (κ1) is 12.5. The van der Waals surface area contributed by atoms with Crippen LogP contribution in [0.2, 0.25) is 4.34 Å². The molecule has 0 nitrogen and oxygen atoms in total. The fraction of sp³-hybridized carbons (Fsp3) is 0.333. The van der Waals surface area contributed by atoms with Gasteiger partial charge in [-0.25, -0.2) is 0 Å². The van der Waals surface area contributed by atoms with Gasteiger partial charge in [-0.3, -0.25) is 0 Å². The number of aryl methyl sites for hydroxylation is 1. The van der Waals surface area contributed by atoms with Gasteiger partial charge < -0.3 is 0 Å². The number of hydrogen-bond acceptors (Lipinski definition) is 1. The molecule has 1 aliphatic carbocycles. The van der Waals surface area contributed by atoms with E-state index >= 15 is 0 Å². The van der Waals surface area contributed by atoms with E-state index < -0.39 is 0 Å². The fourth-order valence-corrected chi connectivity index (χ4v) is 4.34. The molecule has 2 atom stereocenters. The molecule has 1 aromatic carbocycles. The Bertz CT molecular complexity index is 547. The Labute approximate surface area is 122 Å². The largest absolute Gasteiger partial charge is 0.127 e. The van der Waals surface area contributed by atoms with Gasteiger partial charge in [0, 0.05) is 10.8 Å². The molecule has 2 aromatic rings. The van der Waals surface area contributed by atoms with Crippen LogP contribution in [0.5, 0.6) is 0 Å². The SMILES string of the molecule is Clc1ccc(C(Cl)C2CCCc3ccccc32)s1. The van der Waals surface area contributed by atoms with Crippen molar-refractivity contribution in [1.29, 1.82) is 0 Å². The van der Waals surface area contributed by atoms with Crippen LogP contribution >= 0.6 is 34.5 Å². The molecule has 18 heavy (non-hydrogen) atoms. The number of benzene rings is 1. The summed E-state index contributed by atoms with van der Waals surface area (Å²) in [5, 5.41) is 0.0453. The summed E-state index contributed by atoms with van der Waals surface area (Å²) in [7, 11) is 0. The van der Waals surface area contributed by atoms with E-state index in [1.165, 1.54) is 35.3 Å². The summed E-state index contributed by atoms with van der Waals surface area (Å²) in [5.41, 5.74) is 2.88. The highest BCUT2D eigenvalue weighted by atomic mass is 35.5. The molecule has 0 saturated carbocycles. The lowest BCUT2D eigenvalue weighted by molar-refractivity contribution is 0.542. The highest BCUT2D eigenvalue weighted by Gasteiger charge is 2.28. The molecule has 0 aliphatic heterocycles. The molecule has 0 spiro atoms. The van der Waals surface area contributed by atoms with Crippen LogP contribution in [0.4, 0.5) is 0 Å². The second kappa shape index (κ2) is 5.24. The average molecular weight is 297 g/mol. The summed E-state index contributed by atoms with van der Waals surface area (Å²) in [6, 6.07) is 12.7. The highest BCUT2D eigenvalue weighted by Crippen LogP contribution is 2.46. The van der Waals surface area contributed by atoms with Crippen LogP contribution in [0.1, 0.15) is 40.1 Å². The molecular weight excluding hydrogens is 283 g/mol. The summed E-state index contributed by atoms with van der Waals surface area (Å²) >= 11 is 14.3. The number of thiophene rings is 1. The molecule has 0 saturated heterocycles. The predicted octanol–water partition coefficient (Wildman–Crippen LogP) is 5.80. The van der Waals surface area contributed by atoms with Crippen molar-refractivity contribution in [3.63, 3.8) is 0 Å². The van der Waals surface area contributed by atoms with Gasteiger partial charge in [0.2, 0.25) is 0 Å². The smallest absolute Gasteiger partial charge is 0.0931 e. The van der Waals surface area contributed by atoms with E-state index in [4.69, 9.17) is 23.2 Å². The Morgan fingerprint density at radius 1 is 1.17 bits per heavy atom. The lowest BCUT2D eigenvalue weighted by Crippen LogP contribution is -2.13. The first-order valence-corrected chi connectivity index (χ1v) is 7.86. The van der Waals surface area contributed by atoms with Crippen LogP contribution in [-0.2, 0) is 6.42 Å². The third-order valence-corrected chi connectivity index (χ3v) is 5.62. The van der Waals surface area contributed by atoms with Crippen molar-refractivity contribution in [2.24, 2.45) is 0 Å². The van der Waals surface area contributed by atoms with Gasteiger partial charge in [0.15, 0.2) is 0 Å². The van der Waals surface area contributed by atoms with Gasteiger partial charge in [-0.1, -0.05) is 35.9 Å². The number of halogens is 2. The van der Waals surface area contributed by atoms with E-state index in [0.29, 0.717) is 5.92 Å². The van der Waals surface area contributed by atoms with Gasteiger partial charge in [-0.05, 0) is 42.5 Å². The second-order valence-electron chi connectivity index (χ2n) is 4.74. The van der Waals surface area contributed by atoms with Gasteiger partial charge >= 0.3 is 0 Å². The molecule has 0 bridgehead atoms. The van der Waals surface area contributed by atoms with Crippen molar-refractivity contribution in [3.05, 3.63) is 56.7 Å². The van der Waals surface area contributed by atoms with Gasteiger partial charge in [0.1, 0.15) is 0 Å². The monoisotopic (exact) mass is 296 g/mol. The van der Waals surface area contributed by atoms with Crippen LogP contribution in [0, 0.1) is 0 Å². The molecule has 1 aliphatic rings. The Kier molecular flexibility index (Phi) is 3.65. The van der Waals surface area contributed by atoms with Crippen molar-refractivity contribution in [3.8, 4) is 0 Å². The first-order valence-electron chi connectivity index (χ1n) is 6.23. The molecular formula is C15H14Cl2S. The van der Waals surface area contributed by atoms with Crippen molar-refractivity contribution in [1.82, 2.24) is 0 Å². The van der Waals surface area contributed by atoms with Crippen molar-refractivity contribution < 1.29 is 0 Å². The normalized spacial score (nSPS) is 20.4. The Hall–Kier alpha value is -0.500. The molecule has 0 radical (unpaired) electrons. The summed E-state index contributed by atoms with van der Waals surface area (Å²) in [5.74, 6) is 0.423. The standard InChI is InChI=1S/C15H14Cl2S/c16-14-9-8-13(18-14)15(17)12-7-3-5-10-4-1-2-6-11(10)12/h1-2,4,6,8-9,12,15H,3,5,7H2. The molecule has 1 aromatic heterocycles. The number of fused-ring (bicyclic) bond motifs is 1. The van der Waals surface area contributed by atoms with Crippen LogP contribution in [0.15, 0.2) is 36.4 Å². The minimum absolute atomic E-state index is 0.0453. The van der Waals surface area contributed by atoms with Gasteiger partial charge in [0.25, 0.3) is 0 Å². The lowest BCUT2D eigenvalue weighted by Gasteiger charge is -2.28. The summed E-state index contributed by atoms with van der Waals surface area (Å²) in [6.45, 7) is 0. The molecule has 2 unspecified atom stereocenters. The number of rotatable bonds is 2. The summed E-state index contributed by atoms with van der Waals surface area (Å²) in [4.78, 5) is 1.18. The zero-order valence-electron chi connectivity index (χ0n) is 9.90. The molecule has 3 rings (SSSR count). The third-order valence-electron chi connectivity index (χ3n) is 3.63. The van der Waals surface area contributed by atoms with Crippen LogP contribution in [-0.4, -0.2) is 0 Å². The maximum Gasteiger partial charge on any atom is 0.0931 e. The van der Waals surface area contributed by atoms with Gasteiger partial charge in [0.05, 0.1) is 9.71 Å². The maximum atomic E-state index is 6.68. The maximum absolute atomic E-state index is 6.68. The molecule has 94 valence electrons. The molecule has 0 fully saturated rings. The Morgan fingerprint density at radius 2 is 2.00 bits per heavy atom.